The van der Waals surface area contributed by atoms with Crippen molar-refractivity contribution in [2.45, 2.75) is 0 Å². The van der Waals surface area contributed by atoms with Crippen LogP contribution >= 0.6 is 0 Å². The van der Waals surface area contributed by atoms with Gasteiger partial charge in [0.25, 0.3) is 0 Å². The largest absolute Gasteiger partial charge is 0.471 e. The van der Waals surface area contributed by atoms with E-state index in [1.807, 2.05) is 0 Å². The van der Waals surface area contributed by atoms with Crippen molar-refractivity contribution in [3.05, 3.63) is 0 Å². The van der Waals surface area contributed by atoms with E-state index in [0.29, 0.717) is 0 Å². The van der Waals surface area contributed by atoms with Gasteiger partial charge in [0.2, 0.25) is 0 Å². The number of hydrogen-bond donors (Lipinski definition) is 0. The summed E-state index contributed by atoms with van der Waals surface area (Å²) in [5.74, 6) is 0. The summed E-state index contributed by atoms with van der Waals surface area (Å²) in [6.07, 6.45) is 0. The molecule has 0 aliphatic carbocycles. The lowest BCUT2D eigenvalue weighted by Gasteiger charge is -1.62. The first-order valence-corrected chi connectivity index (χ1v) is 5.90. The van der Waals surface area contributed by atoms with Crippen molar-refractivity contribution in [2.24, 2.45) is 0 Å². The molecule has 0 aliphatic heterocycles. The van der Waals surface area contributed by atoms with Crippen molar-refractivity contribution in [3.8, 4) is 0 Å². The molecule has 0 aromatic carbocycles. The van der Waals surface area contributed by atoms with Crippen LogP contribution in [0.1, 0.15) is 0 Å². The first-order valence-electron chi connectivity index (χ1n) is 1.97. The molecule has 0 heterocycles. The molecule has 0 rings (SSSR count). The molecule has 0 saturated heterocycles. The second-order valence-corrected chi connectivity index (χ2v) is 7.55. The third kappa shape index (κ3) is 1020. The van der Waals surface area contributed by atoms with Gasteiger partial charge in [0.05, 0.1) is 0 Å². The van der Waals surface area contributed by atoms with Gasteiger partial charge in [-0.3, -0.25) is 0 Å². The highest BCUT2D eigenvalue weighted by molar-refractivity contribution is 7.51. The van der Waals surface area contributed by atoms with E-state index < -0.39 is 11.6 Å². The van der Waals surface area contributed by atoms with E-state index in [1.54, 1.807) is 0 Å². The molecule has 58 valence electrons. The van der Waals surface area contributed by atoms with Gasteiger partial charge in [-0.25, -0.2) is 0 Å². The van der Waals surface area contributed by atoms with E-state index in [9.17, 15) is 0 Å². The van der Waals surface area contributed by atoms with E-state index in [0.717, 1.165) is 41.9 Å². The van der Waals surface area contributed by atoms with Crippen molar-refractivity contribution < 1.29 is 16.6 Å². The van der Waals surface area contributed by atoms with Gasteiger partial charge in [-0.15, -0.1) is 0 Å². The Morgan fingerprint density at radius 3 is 0.889 bits per heavy atom. The summed E-state index contributed by atoms with van der Waals surface area (Å²) in [5.41, 5.74) is 0. The Kier molecular flexibility index (Phi) is 69.3. The van der Waals surface area contributed by atoms with Crippen LogP contribution in [0.25, 0.3) is 0 Å². The van der Waals surface area contributed by atoms with Crippen molar-refractivity contribution in [3.63, 3.8) is 0 Å². The van der Waals surface area contributed by atoms with Crippen LogP contribution in [-0.2, 0) is 19.8 Å². The maximum atomic E-state index is 8.29. The minimum atomic E-state index is -0.750. The molecule has 0 atom stereocenters. The topological polar surface area (TPSA) is 52.6 Å². The van der Waals surface area contributed by atoms with E-state index in [2.05, 4.69) is 8.23 Å². The van der Waals surface area contributed by atoms with E-state index in [1.165, 1.54) is 0 Å². The first-order chi connectivity index (χ1) is 4.24. The average molecular weight is 221 g/mol. The van der Waals surface area contributed by atoms with Crippen LogP contribution in [0, 0.1) is 0 Å². The van der Waals surface area contributed by atoms with Crippen LogP contribution in [0.2, 0.25) is 0 Å². The molecule has 0 aromatic rings. The van der Waals surface area contributed by atoms with Gasteiger partial charge in [0.1, 0.15) is 41.9 Å². The predicted molar refractivity (Wildman–Crippen MR) is 50.8 cm³/mol. The lowest BCUT2D eigenvalue weighted by atomic mass is 15.8. The molecule has 0 aliphatic rings. The van der Waals surface area contributed by atoms with Gasteiger partial charge in [0, 0.05) is 0 Å². The molecule has 0 radical (unpaired) electrons. The summed E-state index contributed by atoms with van der Waals surface area (Å²) in [5, 5.41) is 0. The molecule has 0 unspecified atom stereocenters. The maximum absolute atomic E-state index is 8.29. The quantitative estimate of drug-likeness (QED) is 0.382. The minimum absolute atomic E-state index is 0.750. The molecular formula is H12O4SSi4. The van der Waals surface area contributed by atoms with Crippen molar-refractivity contribution in [1.29, 1.82) is 0 Å². The van der Waals surface area contributed by atoms with Gasteiger partial charge in [-0.2, -0.15) is 8.42 Å². The third-order valence-corrected chi connectivity index (χ3v) is 0. The zero-order valence-corrected chi connectivity index (χ0v) is 14.9. The van der Waals surface area contributed by atoms with Gasteiger partial charge in [0.15, 0.2) is 0 Å². The van der Waals surface area contributed by atoms with Crippen LogP contribution in [0.15, 0.2) is 0 Å². The Bertz CT molecular complexity index is 48.5. The standard InChI is InChI=1S/O2S.2H6OSi2/c1-3-2;2*2-1-3/h;2*2-3H3. The van der Waals surface area contributed by atoms with Crippen LogP contribution in [0.3, 0.4) is 0 Å². The van der Waals surface area contributed by atoms with Crippen molar-refractivity contribution >= 4 is 53.5 Å². The van der Waals surface area contributed by atoms with E-state index in [4.69, 9.17) is 8.42 Å². The van der Waals surface area contributed by atoms with Gasteiger partial charge in [-0.05, 0) is 0 Å². The fraction of sp³-hybridized carbons (Fsp3) is 0. The SMILES string of the molecule is O=S=O.[SiH3]O[SiH3].[SiH3]O[SiH3]. The van der Waals surface area contributed by atoms with Crippen molar-refractivity contribution in [1.82, 2.24) is 0 Å². The Balaban J connectivity index is -0.0000000600. The van der Waals surface area contributed by atoms with Crippen LogP contribution in [0.5, 0.6) is 0 Å². The van der Waals surface area contributed by atoms with Crippen LogP contribution < -0.4 is 0 Å². The summed E-state index contributed by atoms with van der Waals surface area (Å²) in [4.78, 5) is 0. The Hall–Kier alpha value is 0.608. The molecule has 0 N–H and O–H groups in total. The summed E-state index contributed by atoms with van der Waals surface area (Å²) in [6, 6.07) is 0. The van der Waals surface area contributed by atoms with Crippen LogP contribution in [0.4, 0.5) is 0 Å². The Morgan fingerprint density at radius 2 is 0.889 bits per heavy atom. The highest BCUT2D eigenvalue weighted by Gasteiger charge is 1.28. The van der Waals surface area contributed by atoms with E-state index in [-0.39, 0.29) is 0 Å². The minimum Gasteiger partial charge on any atom is -0.471 e. The molecule has 0 fully saturated rings. The molecule has 0 bridgehead atoms. The summed E-state index contributed by atoms with van der Waals surface area (Å²) >= 11 is -0.750. The van der Waals surface area contributed by atoms with Gasteiger partial charge >= 0.3 is 11.6 Å². The number of hydrogen-bond acceptors (Lipinski definition) is 4. The summed E-state index contributed by atoms with van der Waals surface area (Å²) in [7, 11) is 3.72. The summed E-state index contributed by atoms with van der Waals surface area (Å²) in [6.45, 7) is 0. The zero-order valence-electron chi connectivity index (χ0n) is 6.04. The molecule has 0 spiro atoms. The third-order valence-electron chi connectivity index (χ3n) is 0. The smallest absolute Gasteiger partial charge is 0.335 e. The lowest BCUT2D eigenvalue weighted by Crippen LogP contribution is -1.65. The molecule has 0 saturated carbocycles. The normalized spacial score (nSPS) is 6.67. The monoisotopic (exact) mass is 220 g/mol. The number of rotatable bonds is 0. The second-order valence-electron chi connectivity index (χ2n) is 0.885. The van der Waals surface area contributed by atoms with Gasteiger partial charge in [-0.1, -0.05) is 0 Å². The average Bonchev–Trinajstić information content (AvgIpc) is 1.70. The highest BCUT2D eigenvalue weighted by Crippen LogP contribution is 1.20. The summed E-state index contributed by atoms with van der Waals surface area (Å²) < 4.78 is 25.6. The molecule has 0 aromatic heterocycles. The van der Waals surface area contributed by atoms with Crippen molar-refractivity contribution in [2.75, 3.05) is 0 Å². The maximum Gasteiger partial charge on any atom is 0.335 e. The predicted octanol–water partition coefficient (Wildman–Crippen LogP) is -5.54. The fourth-order valence-corrected chi connectivity index (χ4v) is 0. The zero-order chi connectivity index (χ0) is 8.12. The van der Waals surface area contributed by atoms with Gasteiger partial charge < -0.3 is 8.23 Å². The van der Waals surface area contributed by atoms with E-state index >= 15 is 0 Å². The second kappa shape index (κ2) is 38.3. The van der Waals surface area contributed by atoms with Crippen LogP contribution in [-0.4, -0.2) is 50.4 Å². The molecule has 9 heavy (non-hydrogen) atoms. The first kappa shape index (κ1) is 16.3. The molecule has 9 heteroatoms. The molecular weight excluding hydrogens is 208 g/mol. The molecule has 0 amide bonds. The highest BCUT2D eigenvalue weighted by atomic mass is 32.1. The fourth-order valence-electron chi connectivity index (χ4n) is 0. The lowest BCUT2D eigenvalue weighted by molar-refractivity contribution is 0.630. The molecule has 4 nitrogen and oxygen atoms in total. The Labute approximate surface area is 70.5 Å². The Morgan fingerprint density at radius 1 is 0.889 bits per heavy atom.